The summed E-state index contributed by atoms with van der Waals surface area (Å²) < 4.78 is 5.67. The smallest absolute Gasteiger partial charge is 0.308 e. The molecule has 0 aliphatic carbocycles. The van der Waals surface area contributed by atoms with E-state index in [2.05, 4.69) is 10.3 Å². The zero-order valence-electron chi connectivity index (χ0n) is 14.5. The predicted octanol–water partition coefficient (Wildman–Crippen LogP) is 2.80. The molecule has 2 rings (SSSR count). The van der Waals surface area contributed by atoms with Crippen molar-refractivity contribution in [2.75, 3.05) is 0 Å². The van der Waals surface area contributed by atoms with Gasteiger partial charge in [0.25, 0.3) is 0 Å². The highest BCUT2D eigenvalue weighted by Gasteiger charge is 2.21. The monoisotopic (exact) mass is 362 g/mol. The summed E-state index contributed by atoms with van der Waals surface area (Å²) in [5, 5.41) is 14.3. The second kappa shape index (κ2) is 8.62. The second-order valence-electron chi connectivity index (χ2n) is 5.99. The predicted molar refractivity (Wildman–Crippen MR) is 95.7 cm³/mol. The van der Waals surface area contributed by atoms with E-state index in [9.17, 15) is 9.59 Å². The number of hydrogen-bond acceptors (Lipinski definition) is 5. The van der Waals surface area contributed by atoms with Crippen molar-refractivity contribution < 1.29 is 19.4 Å². The molecular weight excluding hydrogens is 340 g/mol. The van der Waals surface area contributed by atoms with Crippen LogP contribution in [0.3, 0.4) is 0 Å². The molecule has 1 aromatic carbocycles. The number of nitrogens with zero attached hydrogens (tertiary/aromatic N) is 1. The largest absolute Gasteiger partial charge is 0.486 e. The van der Waals surface area contributed by atoms with Gasteiger partial charge in [0.2, 0.25) is 5.91 Å². The molecule has 2 unspecified atom stereocenters. The third-order valence-electron chi connectivity index (χ3n) is 3.85. The average Bonchev–Trinajstić information content (AvgIpc) is 3.00. The first-order valence-electron chi connectivity index (χ1n) is 8.00. The molecule has 0 aliphatic rings. The Morgan fingerprint density at radius 3 is 2.60 bits per heavy atom. The van der Waals surface area contributed by atoms with Crippen molar-refractivity contribution in [3.05, 3.63) is 45.9 Å². The van der Waals surface area contributed by atoms with E-state index in [0.717, 1.165) is 10.8 Å². The van der Waals surface area contributed by atoms with Gasteiger partial charge in [-0.1, -0.05) is 17.7 Å². The molecule has 25 heavy (non-hydrogen) atoms. The Hall–Kier alpha value is -2.41. The van der Waals surface area contributed by atoms with Gasteiger partial charge in [0.1, 0.15) is 17.4 Å². The maximum atomic E-state index is 12.0. The fourth-order valence-electron chi connectivity index (χ4n) is 2.08. The summed E-state index contributed by atoms with van der Waals surface area (Å²) in [6.45, 7) is 5.61. The van der Waals surface area contributed by atoms with Gasteiger partial charge in [-0.2, -0.15) is 0 Å². The Kier molecular flexibility index (Phi) is 6.52. The lowest BCUT2D eigenvalue weighted by molar-refractivity contribution is -0.142. The number of ether oxygens (including phenoxy) is 1. The number of amides is 1. The van der Waals surface area contributed by atoms with Crippen molar-refractivity contribution >= 4 is 23.2 Å². The van der Waals surface area contributed by atoms with Crippen LogP contribution >= 0.6 is 11.3 Å². The molecule has 0 radical (unpaired) electrons. The highest BCUT2D eigenvalue weighted by Crippen LogP contribution is 2.16. The first kappa shape index (κ1) is 18.9. The molecule has 1 heterocycles. The van der Waals surface area contributed by atoms with E-state index in [4.69, 9.17) is 9.84 Å². The van der Waals surface area contributed by atoms with Gasteiger partial charge < -0.3 is 15.2 Å². The standard InChI is InChI=1S/C18H22N2O4S/c1-11-4-6-15(7-5-11)24-9-17-20-14(10-25-17)8-16(21)19-13(3)12(2)18(22)23/h4-7,10,12-13H,8-9H2,1-3H3,(H,19,21)(H,22,23). The van der Waals surface area contributed by atoms with Gasteiger partial charge in [-0.15, -0.1) is 11.3 Å². The third kappa shape index (κ3) is 5.86. The zero-order chi connectivity index (χ0) is 18.4. The number of carboxylic acid groups (broad SMARTS) is 1. The Bertz CT molecular complexity index is 727. The van der Waals surface area contributed by atoms with E-state index >= 15 is 0 Å². The van der Waals surface area contributed by atoms with Gasteiger partial charge in [0.05, 0.1) is 18.0 Å². The van der Waals surface area contributed by atoms with E-state index < -0.39 is 17.9 Å². The lowest BCUT2D eigenvalue weighted by atomic mass is 10.0. The van der Waals surface area contributed by atoms with Crippen LogP contribution in [0.25, 0.3) is 0 Å². The molecule has 2 N–H and O–H groups in total. The number of aryl methyl sites for hydroxylation is 1. The Labute approximate surface area is 150 Å². The number of benzene rings is 1. The quantitative estimate of drug-likeness (QED) is 0.754. The minimum absolute atomic E-state index is 0.123. The molecule has 1 amide bonds. The van der Waals surface area contributed by atoms with Gasteiger partial charge in [-0.05, 0) is 32.9 Å². The van der Waals surface area contributed by atoms with Crippen LogP contribution in [0.1, 0.15) is 30.1 Å². The van der Waals surface area contributed by atoms with Crippen LogP contribution in [-0.4, -0.2) is 28.0 Å². The molecule has 0 aliphatic heterocycles. The molecule has 2 atom stereocenters. The number of carboxylic acids is 1. The summed E-state index contributed by atoms with van der Waals surface area (Å²) in [5.41, 5.74) is 1.82. The fraction of sp³-hybridized carbons (Fsp3) is 0.389. The van der Waals surface area contributed by atoms with Crippen LogP contribution in [0.2, 0.25) is 0 Å². The molecule has 0 bridgehead atoms. The van der Waals surface area contributed by atoms with E-state index in [0.29, 0.717) is 12.3 Å². The average molecular weight is 362 g/mol. The molecule has 2 aromatic rings. The summed E-state index contributed by atoms with van der Waals surface area (Å²) in [6.07, 6.45) is 0.123. The summed E-state index contributed by atoms with van der Waals surface area (Å²) in [6, 6.07) is 7.33. The van der Waals surface area contributed by atoms with Crippen molar-refractivity contribution in [1.82, 2.24) is 10.3 Å². The topological polar surface area (TPSA) is 88.5 Å². The number of hydrogen-bond donors (Lipinski definition) is 2. The highest BCUT2D eigenvalue weighted by molar-refractivity contribution is 7.09. The summed E-state index contributed by atoms with van der Waals surface area (Å²) in [4.78, 5) is 27.3. The van der Waals surface area contributed by atoms with Crippen molar-refractivity contribution in [2.45, 2.75) is 39.8 Å². The molecule has 7 heteroatoms. The first-order valence-corrected chi connectivity index (χ1v) is 8.88. The number of carbonyl (C=O) groups is 2. The molecule has 6 nitrogen and oxygen atoms in total. The molecule has 134 valence electrons. The van der Waals surface area contributed by atoms with E-state index in [1.54, 1.807) is 13.8 Å². The summed E-state index contributed by atoms with van der Waals surface area (Å²) in [5.74, 6) is -1.04. The van der Waals surface area contributed by atoms with Crippen LogP contribution in [-0.2, 0) is 22.6 Å². The number of aromatic nitrogens is 1. The van der Waals surface area contributed by atoms with Gasteiger partial charge in [-0.3, -0.25) is 9.59 Å². The molecule has 0 saturated carbocycles. The van der Waals surface area contributed by atoms with Crippen molar-refractivity contribution in [1.29, 1.82) is 0 Å². The Morgan fingerprint density at radius 1 is 1.28 bits per heavy atom. The van der Waals surface area contributed by atoms with Crippen LogP contribution < -0.4 is 10.1 Å². The zero-order valence-corrected chi connectivity index (χ0v) is 15.3. The van der Waals surface area contributed by atoms with Crippen molar-refractivity contribution in [3.8, 4) is 5.75 Å². The fourth-order valence-corrected chi connectivity index (χ4v) is 2.79. The molecular formula is C18H22N2O4S. The van der Waals surface area contributed by atoms with Crippen LogP contribution in [0.4, 0.5) is 0 Å². The van der Waals surface area contributed by atoms with Crippen molar-refractivity contribution in [3.63, 3.8) is 0 Å². The van der Waals surface area contributed by atoms with Gasteiger partial charge >= 0.3 is 5.97 Å². The number of rotatable bonds is 8. The van der Waals surface area contributed by atoms with Crippen molar-refractivity contribution in [2.24, 2.45) is 5.92 Å². The van der Waals surface area contributed by atoms with E-state index in [1.165, 1.54) is 16.9 Å². The number of carbonyl (C=O) groups excluding carboxylic acids is 1. The van der Waals surface area contributed by atoms with E-state index in [-0.39, 0.29) is 12.3 Å². The van der Waals surface area contributed by atoms with E-state index in [1.807, 2.05) is 36.6 Å². The molecule has 1 aromatic heterocycles. The minimum Gasteiger partial charge on any atom is -0.486 e. The number of nitrogens with one attached hydrogen (secondary N) is 1. The van der Waals surface area contributed by atoms with Gasteiger partial charge in [0, 0.05) is 11.4 Å². The van der Waals surface area contributed by atoms with Crippen LogP contribution in [0.15, 0.2) is 29.6 Å². The van der Waals surface area contributed by atoms with Crippen LogP contribution in [0.5, 0.6) is 5.75 Å². The molecule has 0 fully saturated rings. The second-order valence-corrected chi connectivity index (χ2v) is 6.94. The number of thiazole rings is 1. The Balaban J connectivity index is 1.83. The minimum atomic E-state index is -0.933. The van der Waals surface area contributed by atoms with Gasteiger partial charge in [0.15, 0.2) is 0 Å². The third-order valence-corrected chi connectivity index (χ3v) is 4.72. The highest BCUT2D eigenvalue weighted by atomic mass is 32.1. The number of aliphatic carboxylic acids is 1. The lowest BCUT2D eigenvalue weighted by Gasteiger charge is -2.17. The Morgan fingerprint density at radius 2 is 1.96 bits per heavy atom. The summed E-state index contributed by atoms with van der Waals surface area (Å²) in [7, 11) is 0. The molecule has 0 spiro atoms. The first-order chi connectivity index (χ1) is 11.8. The maximum absolute atomic E-state index is 12.0. The van der Waals surface area contributed by atoms with Gasteiger partial charge in [-0.25, -0.2) is 4.98 Å². The molecule has 0 saturated heterocycles. The maximum Gasteiger partial charge on any atom is 0.308 e. The van der Waals surface area contributed by atoms with Crippen LogP contribution in [0, 0.1) is 12.8 Å². The SMILES string of the molecule is Cc1ccc(OCc2nc(CC(=O)NC(C)C(C)C(=O)O)cs2)cc1. The normalized spacial score (nSPS) is 13.1. The summed E-state index contributed by atoms with van der Waals surface area (Å²) >= 11 is 1.43. The lowest BCUT2D eigenvalue weighted by Crippen LogP contribution is -2.40.